The number of imide groups is 1. The number of anilines is 2. The zero-order valence-corrected chi connectivity index (χ0v) is 20.7. The zero-order valence-electron chi connectivity index (χ0n) is 19.1. The number of nitro benzene ring substituents is 1. The normalized spacial score (nSPS) is 12.8. The Hall–Kier alpha value is -4.09. The third kappa shape index (κ3) is 4.23. The molecule has 9 nitrogen and oxygen atoms in total. The fourth-order valence-electron chi connectivity index (χ4n) is 3.89. The Balaban J connectivity index is 1.33. The van der Waals surface area contributed by atoms with Gasteiger partial charge in [-0.25, -0.2) is 9.88 Å². The molecule has 1 N–H and O–H groups in total. The third-order valence-electron chi connectivity index (χ3n) is 5.82. The summed E-state index contributed by atoms with van der Waals surface area (Å²) in [4.78, 5) is 54.5. The molecule has 4 aromatic rings. The van der Waals surface area contributed by atoms with Gasteiger partial charge in [0.15, 0.2) is 4.34 Å². The van der Waals surface area contributed by atoms with E-state index in [1.807, 2.05) is 32.0 Å². The van der Waals surface area contributed by atoms with Gasteiger partial charge in [0, 0.05) is 11.8 Å². The van der Waals surface area contributed by atoms with Gasteiger partial charge in [-0.2, -0.15) is 0 Å². The molecule has 3 aromatic carbocycles. The van der Waals surface area contributed by atoms with Crippen molar-refractivity contribution >= 4 is 68.1 Å². The van der Waals surface area contributed by atoms with Gasteiger partial charge >= 0.3 is 0 Å². The summed E-state index contributed by atoms with van der Waals surface area (Å²) in [7, 11) is 0. The Morgan fingerprint density at radius 2 is 1.89 bits per heavy atom. The number of aromatic nitrogens is 1. The molecule has 1 aromatic heterocycles. The molecule has 0 fully saturated rings. The van der Waals surface area contributed by atoms with Gasteiger partial charge in [-0.1, -0.05) is 23.9 Å². The highest BCUT2D eigenvalue weighted by atomic mass is 32.2. The van der Waals surface area contributed by atoms with Crippen LogP contribution in [0, 0.1) is 24.0 Å². The molecule has 1 aliphatic heterocycles. The first-order valence-corrected chi connectivity index (χ1v) is 12.6. The Kier molecular flexibility index (Phi) is 6.02. The average Bonchev–Trinajstić information content (AvgIpc) is 3.37. The number of nitrogens with zero attached hydrogens (tertiary/aromatic N) is 3. The number of thiazole rings is 1. The number of amides is 3. The fourth-order valence-corrected chi connectivity index (χ4v) is 5.79. The Morgan fingerprint density at radius 1 is 1.08 bits per heavy atom. The third-order valence-corrected chi connectivity index (χ3v) is 7.98. The lowest BCUT2D eigenvalue weighted by Crippen LogP contribution is -2.29. The summed E-state index contributed by atoms with van der Waals surface area (Å²) in [5.41, 5.74) is 3.33. The molecule has 0 spiro atoms. The van der Waals surface area contributed by atoms with Gasteiger partial charge in [-0.15, -0.1) is 11.3 Å². The molecule has 11 heteroatoms. The molecule has 5 rings (SSSR count). The number of benzene rings is 3. The second-order valence-electron chi connectivity index (χ2n) is 8.17. The van der Waals surface area contributed by atoms with Crippen molar-refractivity contribution in [2.45, 2.75) is 18.2 Å². The van der Waals surface area contributed by atoms with Gasteiger partial charge < -0.3 is 5.32 Å². The van der Waals surface area contributed by atoms with Crippen LogP contribution in [0.2, 0.25) is 0 Å². The zero-order chi connectivity index (χ0) is 25.6. The molecule has 180 valence electrons. The lowest BCUT2D eigenvalue weighted by molar-refractivity contribution is -0.385. The van der Waals surface area contributed by atoms with Gasteiger partial charge in [-0.05, 0) is 61.4 Å². The number of carbonyl (C=O) groups is 3. The standard InChI is InChI=1S/C25H18N4O5S2/c1-13-6-7-15(10-14(13)2)26-21(30)12-35-25-27-18-9-8-16(11-20(18)36-25)28-23(31)17-4-3-5-19(29(33)34)22(17)24(28)32/h3-11H,12H2,1-2H3,(H,26,30). The Morgan fingerprint density at radius 3 is 2.64 bits per heavy atom. The van der Waals surface area contributed by atoms with Crippen LogP contribution >= 0.6 is 23.1 Å². The minimum absolute atomic E-state index is 0.00429. The second kappa shape index (κ2) is 9.17. The van der Waals surface area contributed by atoms with Crippen molar-refractivity contribution in [1.82, 2.24) is 4.98 Å². The molecule has 0 unspecified atom stereocenters. The maximum Gasteiger partial charge on any atom is 0.283 e. The highest BCUT2D eigenvalue weighted by molar-refractivity contribution is 8.01. The molecular weight excluding hydrogens is 500 g/mol. The van der Waals surface area contributed by atoms with Crippen LogP contribution in [-0.2, 0) is 4.79 Å². The van der Waals surface area contributed by atoms with Crippen molar-refractivity contribution in [2.24, 2.45) is 0 Å². The first kappa shape index (κ1) is 23.6. The number of aryl methyl sites for hydroxylation is 2. The van der Waals surface area contributed by atoms with Crippen LogP contribution in [0.5, 0.6) is 0 Å². The van der Waals surface area contributed by atoms with Gasteiger partial charge in [0.05, 0.1) is 32.1 Å². The lowest BCUT2D eigenvalue weighted by atomic mass is 10.1. The van der Waals surface area contributed by atoms with E-state index in [9.17, 15) is 24.5 Å². The fraction of sp³-hybridized carbons (Fsp3) is 0.120. The van der Waals surface area contributed by atoms with Crippen LogP contribution in [-0.4, -0.2) is 33.4 Å². The topological polar surface area (TPSA) is 123 Å². The first-order chi connectivity index (χ1) is 17.2. The summed E-state index contributed by atoms with van der Waals surface area (Å²) >= 11 is 2.62. The summed E-state index contributed by atoms with van der Waals surface area (Å²) in [5.74, 6) is -1.33. The summed E-state index contributed by atoms with van der Waals surface area (Å²) < 4.78 is 1.38. The molecule has 36 heavy (non-hydrogen) atoms. The number of fused-ring (bicyclic) bond motifs is 2. The number of carbonyl (C=O) groups excluding carboxylic acids is 3. The van der Waals surface area contributed by atoms with Gasteiger partial charge in [0.25, 0.3) is 17.5 Å². The molecule has 0 aliphatic carbocycles. The lowest BCUT2D eigenvalue weighted by Gasteiger charge is -2.13. The maximum absolute atomic E-state index is 13.0. The number of thioether (sulfide) groups is 1. The molecule has 1 aliphatic rings. The Bertz CT molecular complexity index is 1600. The van der Waals surface area contributed by atoms with E-state index in [0.29, 0.717) is 15.5 Å². The van der Waals surface area contributed by atoms with E-state index in [1.54, 1.807) is 18.2 Å². The van der Waals surface area contributed by atoms with Crippen molar-refractivity contribution in [3.05, 3.63) is 87.0 Å². The minimum atomic E-state index is -0.733. The van der Waals surface area contributed by atoms with Gasteiger partial charge in [0.1, 0.15) is 5.56 Å². The molecule has 0 saturated carbocycles. The van der Waals surface area contributed by atoms with Crippen LogP contribution in [0.1, 0.15) is 31.8 Å². The highest BCUT2D eigenvalue weighted by Crippen LogP contribution is 2.37. The number of rotatable bonds is 6. The molecule has 0 radical (unpaired) electrons. The van der Waals surface area contributed by atoms with Crippen molar-refractivity contribution in [1.29, 1.82) is 0 Å². The maximum atomic E-state index is 13.0. The minimum Gasteiger partial charge on any atom is -0.325 e. The number of hydrogen-bond acceptors (Lipinski definition) is 8. The molecule has 0 saturated heterocycles. The van der Waals surface area contributed by atoms with Crippen LogP contribution in [0.4, 0.5) is 17.1 Å². The SMILES string of the molecule is Cc1ccc(NC(=O)CSc2nc3ccc(N4C(=O)c5cccc([N+](=O)[O-])c5C4=O)cc3s2)cc1C. The van der Waals surface area contributed by atoms with Crippen molar-refractivity contribution < 1.29 is 19.3 Å². The summed E-state index contributed by atoms with van der Waals surface area (Å²) in [6.45, 7) is 3.99. The molecular formula is C25H18N4O5S2. The van der Waals surface area contributed by atoms with Crippen molar-refractivity contribution in [2.75, 3.05) is 16.0 Å². The highest BCUT2D eigenvalue weighted by Gasteiger charge is 2.41. The van der Waals surface area contributed by atoms with E-state index in [-0.39, 0.29) is 22.8 Å². The number of hydrogen-bond donors (Lipinski definition) is 1. The van der Waals surface area contributed by atoms with E-state index < -0.39 is 22.4 Å². The first-order valence-electron chi connectivity index (χ1n) is 10.8. The van der Waals surface area contributed by atoms with E-state index in [1.165, 1.54) is 41.3 Å². The van der Waals surface area contributed by atoms with Gasteiger partial charge in [-0.3, -0.25) is 24.5 Å². The van der Waals surface area contributed by atoms with Crippen LogP contribution < -0.4 is 10.2 Å². The smallest absolute Gasteiger partial charge is 0.283 e. The second-order valence-corrected chi connectivity index (χ2v) is 10.4. The predicted molar refractivity (Wildman–Crippen MR) is 139 cm³/mol. The molecule has 0 atom stereocenters. The van der Waals surface area contributed by atoms with Crippen LogP contribution in [0.25, 0.3) is 10.2 Å². The van der Waals surface area contributed by atoms with Gasteiger partial charge in [0.2, 0.25) is 5.91 Å². The van der Waals surface area contributed by atoms with Crippen LogP contribution in [0.3, 0.4) is 0 Å². The summed E-state index contributed by atoms with van der Waals surface area (Å²) in [5, 5.41) is 14.2. The Labute approximate surface area is 213 Å². The molecule has 2 heterocycles. The van der Waals surface area contributed by atoms with E-state index in [0.717, 1.165) is 26.4 Å². The van der Waals surface area contributed by atoms with Crippen molar-refractivity contribution in [3.63, 3.8) is 0 Å². The summed E-state index contributed by atoms with van der Waals surface area (Å²) in [6, 6.07) is 14.6. The average molecular weight is 519 g/mol. The van der Waals surface area contributed by atoms with E-state index in [2.05, 4.69) is 10.3 Å². The van der Waals surface area contributed by atoms with Crippen molar-refractivity contribution in [3.8, 4) is 0 Å². The predicted octanol–water partition coefficient (Wildman–Crippen LogP) is 5.35. The largest absolute Gasteiger partial charge is 0.325 e. The van der Waals surface area contributed by atoms with E-state index >= 15 is 0 Å². The number of nitro groups is 1. The van der Waals surface area contributed by atoms with Crippen LogP contribution in [0.15, 0.2) is 58.9 Å². The monoisotopic (exact) mass is 518 g/mol. The number of nitrogens with one attached hydrogen (secondary N) is 1. The molecule has 0 bridgehead atoms. The summed E-state index contributed by atoms with van der Waals surface area (Å²) in [6.07, 6.45) is 0. The van der Waals surface area contributed by atoms with E-state index in [4.69, 9.17) is 0 Å². The quantitative estimate of drug-likeness (QED) is 0.158. The molecule has 3 amide bonds.